The van der Waals surface area contributed by atoms with Crippen molar-refractivity contribution in [1.29, 1.82) is 0 Å². The number of hydrogen-bond acceptors (Lipinski definition) is 5. The zero-order valence-corrected chi connectivity index (χ0v) is 15.9. The molecule has 29 heavy (non-hydrogen) atoms. The second-order valence-electron chi connectivity index (χ2n) is 6.83. The van der Waals surface area contributed by atoms with Crippen LogP contribution in [-0.2, 0) is 0 Å². The Bertz CT molecular complexity index is 1050. The summed E-state index contributed by atoms with van der Waals surface area (Å²) in [5.74, 6) is 0.599. The Morgan fingerprint density at radius 3 is 2.48 bits per heavy atom. The van der Waals surface area contributed by atoms with Crippen LogP contribution in [0.2, 0.25) is 0 Å². The number of aromatic nitrogens is 2. The summed E-state index contributed by atoms with van der Waals surface area (Å²) in [6.07, 6.45) is 1.95. The van der Waals surface area contributed by atoms with Gasteiger partial charge in [0, 0.05) is 30.8 Å². The minimum absolute atomic E-state index is 0.0523. The highest BCUT2D eigenvalue weighted by Gasteiger charge is 2.25. The number of nitro benzene ring substituents is 1. The molecule has 148 valence electrons. The van der Waals surface area contributed by atoms with E-state index in [1.165, 1.54) is 16.8 Å². The van der Waals surface area contributed by atoms with E-state index in [0.29, 0.717) is 30.2 Å². The summed E-state index contributed by atoms with van der Waals surface area (Å²) in [6, 6.07) is 15.2. The molecule has 3 aromatic rings. The lowest BCUT2D eigenvalue weighted by Gasteiger charge is -2.15. The fourth-order valence-corrected chi connectivity index (χ4v) is 3.45. The van der Waals surface area contributed by atoms with E-state index < -0.39 is 4.92 Å². The lowest BCUT2D eigenvalue weighted by atomic mass is 10.1. The molecule has 2 aromatic carbocycles. The molecule has 1 fully saturated rings. The topological polar surface area (TPSA) is 90.5 Å². The molecule has 2 heterocycles. The third kappa shape index (κ3) is 3.69. The van der Waals surface area contributed by atoms with Gasteiger partial charge in [-0.1, -0.05) is 6.07 Å². The van der Waals surface area contributed by atoms with Crippen LogP contribution in [0.3, 0.4) is 0 Å². The van der Waals surface area contributed by atoms with Gasteiger partial charge in [-0.2, -0.15) is 5.10 Å². The van der Waals surface area contributed by atoms with Gasteiger partial charge in [-0.25, -0.2) is 4.68 Å². The van der Waals surface area contributed by atoms with E-state index in [4.69, 9.17) is 4.74 Å². The van der Waals surface area contributed by atoms with Crippen molar-refractivity contribution in [1.82, 2.24) is 14.7 Å². The fraction of sp³-hybridized carbons (Fsp3) is 0.238. The van der Waals surface area contributed by atoms with Gasteiger partial charge in [0.15, 0.2) is 0 Å². The van der Waals surface area contributed by atoms with E-state index in [0.717, 1.165) is 24.2 Å². The first kappa shape index (κ1) is 18.7. The van der Waals surface area contributed by atoms with Gasteiger partial charge in [-0.05, 0) is 49.2 Å². The maximum Gasteiger partial charge on any atom is 0.272 e. The number of carbonyl (C=O) groups is 1. The second-order valence-corrected chi connectivity index (χ2v) is 6.83. The predicted molar refractivity (Wildman–Crippen MR) is 107 cm³/mol. The Morgan fingerprint density at radius 1 is 1.10 bits per heavy atom. The van der Waals surface area contributed by atoms with Crippen LogP contribution >= 0.6 is 0 Å². The number of nitrogens with zero attached hydrogens (tertiary/aromatic N) is 4. The molecule has 0 bridgehead atoms. The summed E-state index contributed by atoms with van der Waals surface area (Å²) < 4.78 is 6.69. The standard InChI is InChI=1S/C21H20N4O4/c1-29-18-9-7-15(8-10-18)19-14-20(21(26)23-11-2-3-12-23)24(22-19)16-5-4-6-17(13-16)25(27)28/h4-10,13-14H,2-3,11-12H2,1H3. The first-order valence-electron chi connectivity index (χ1n) is 9.35. The summed E-state index contributed by atoms with van der Waals surface area (Å²) in [6.45, 7) is 1.41. The van der Waals surface area contributed by atoms with Crippen molar-refractivity contribution >= 4 is 11.6 Å². The number of nitro groups is 1. The Balaban J connectivity index is 1.81. The van der Waals surface area contributed by atoms with E-state index in [2.05, 4.69) is 5.10 Å². The summed E-state index contributed by atoms with van der Waals surface area (Å²) in [7, 11) is 1.60. The van der Waals surface area contributed by atoms with Crippen LogP contribution in [0.5, 0.6) is 5.75 Å². The van der Waals surface area contributed by atoms with Crippen LogP contribution in [-0.4, -0.2) is 45.7 Å². The van der Waals surface area contributed by atoms with Crippen LogP contribution in [0.4, 0.5) is 5.69 Å². The molecule has 1 aromatic heterocycles. The quantitative estimate of drug-likeness (QED) is 0.488. The summed E-state index contributed by atoms with van der Waals surface area (Å²) in [4.78, 5) is 25.6. The van der Waals surface area contributed by atoms with Crippen molar-refractivity contribution in [2.24, 2.45) is 0 Å². The number of benzene rings is 2. The third-order valence-electron chi connectivity index (χ3n) is 4.99. The summed E-state index contributed by atoms with van der Waals surface area (Å²) in [5, 5.41) is 15.8. The van der Waals surface area contributed by atoms with Gasteiger partial charge in [0.1, 0.15) is 11.4 Å². The fourth-order valence-electron chi connectivity index (χ4n) is 3.45. The molecule has 0 radical (unpaired) electrons. The molecule has 0 unspecified atom stereocenters. The van der Waals surface area contributed by atoms with Gasteiger partial charge in [-0.15, -0.1) is 0 Å². The number of likely N-dealkylation sites (tertiary alicyclic amines) is 1. The lowest BCUT2D eigenvalue weighted by molar-refractivity contribution is -0.384. The lowest BCUT2D eigenvalue weighted by Crippen LogP contribution is -2.29. The average molecular weight is 392 g/mol. The summed E-state index contributed by atoms with van der Waals surface area (Å²) in [5.41, 5.74) is 2.25. The summed E-state index contributed by atoms with van der Waals surface area (Å²) >= 11 is 0. The largest absolute Gasteiger partial charge is 0.497 e. The Hall–Kier alpha value is -3.68. The van der Waals surface area contributed by atoms with E-state index in [1.54, 1.807) is 30.2 Å². The van der Waals surface area contributed by atoms with Crippen molar-refractivity contribution in [2.75, 3.05) is 20.2 Å². The highest BCUT2D eigenvalue weighted by Crippen LogP contribution is 2.26. The molecule has 8 nitrogen and oxygen atoms in total. The van der Waals surface area contributed by atoms with E-state index >= 15 is 0 Å². The van der Waals surface area contributed by atoms with Gasteiger partial charge in [0.2, 0.25) is 0 Å². The number of non-ortho nitro benzene ring substituents is 1. The highest BCUT2D eigenvalue weighted by molar-refractivity contribution is 5.94. The second kappa shape index (κ2) is 7.75. The smallest absolute Gasteiger partial charge is 0.272 e. The molecule has 1 aliphatic rings. The maximum absolute atomic E-state index is 13.1. The Morgan fingerprint density at radius 2 is 1.83 bits per heavy atom. The van der Waals surface area contributed by atoms with Gasteiger partial charge in [0.25, 0.3) is 11.6 Å². The third-order valence-corrected chi connectivity index (χ3v) is 4.99. The van der Waals surface area contributed by atoms with E-state index in [9.17, 15) is 14.9 Å². The normalized spacial score (nSPS) is 13.5. The number of ether oxygens (including phenoxy) is 1. The SMILES string of the molecule is COc1ccc(-c2cc(C(=O)N3CCCC3)n(-c3cccc([N+](=O)[O-])c3)n2)cc1. The van der Waals surface area contributed by atoms with Crippen molar-refractivity contribution in [2.45, 2.75) is 12.8 Å². The monoisotopic (exact) mass is 392 g/mol. The number of hydrogen-bond donors (Lipinski definition) is 0. The minimum Gasteiger partial charge on any atom is -0.497 e. The highest BCUT2D eigenvalue weighted by atomic mass is 16.6. The maximum atomic E-state index is 13.1. The first-order chi connectivity index (χ1) is 14.1. The van der Waals surface area contributed by atoms with Crippen molar-refractivity contribution in [3.8, 4) is 22.7 Å². The van der Waals surface area contributed by atoms with Gasteiger partial charge < -0.3 is 9.64 Å². The van der Waals surface area contributed by atoms with Crippen LogP contribution in [0.15, 0.2) is 54.6 Å². The van der Waals surface area contributed by atoms with Gasteiger partial charge >= 0.3 is 0 Å². The molecule has 4 rings (SSSR count). The van der Waals surface area contributed by atoms with Gasteiger partial charge in [-0.3, -0.25) is 14.9 Å². The van der Waals surface area contributed by atoms with Gasteiger partial charge in [0.05, 0.1) is 23.4 Å². The molecular weight excluding hydrogens is 372 g/mol. The van der Waals surface area contributed by atoms with Crippen LogP contribution in [0.25, 0.3) is 16.9 Å². The Kier molecular flexibility index (Phi) is 4.99. The van der Waals surface area contributed by atoms with E-state index in [1.807, 2.05) is 24.3 Å². The molecule has 0 aliphatic carbocycles. The van der Waals surface area contributed by atoms with Crippen molar-refractivity contribution in [3.63, 3.8) is 0 Å². The molecule has 0 atom stereocenters. The molecule has 1 saturated heterocycles. The number of rotatable bonds is 5. The van der Waals surface area contributed by atoms with Crippen molar-refractivity contribution < 1.29 is 14.5 Å². The van der Waals surface area contributed by atoms with E-state index in [-0.39, 0.29) is 11.6 Å². The number of methoxy groups -OCH3 is 1. The van der Waals surface area contributed by atoms with Crippen LogP contribution in [0.1, 0.15) is 23.3 Å². The Labute approximate surface area is 167 Å². The molecule has 0 N–H and O–H groups in total. The average Bonchev–Trinajstić information content (AvgIpc) is 3.44. The first-order valence-corrected chi connectivity index (χ1v) is 9.35. The molecular formula is C21H20N4O4. The minimum atomic E-state index is -0.459. The zero-order valence-electron chi connectivity index (χ0n) is 15.9. The molecule has 1 aliphatic heterocycles. The molecule has 0 spiro atoms. The number of amides is 1. The number of carbonyl (C=O) groups excluding carboxylic acids is 1. The van der Waals surface area contributed by atoms with Crippen LogP contribution in [0, 0.1) is 10.1 Å². The predicted octanol–water partition coefficient (Wildman–Crippen LogP) is 3.69. The zero-order chi connectivity index (χ0) is 20.4. The van der Waals surface area contributed by atoms with Crippen LogP contribution < -0.4 is 4.74 Å². The van der Waals surface area contributed by atoms with Crippen molar-refractivity contribution in [3.05, 3.63) is 70.4 Å². The molecule has 8 heteroatoms. The molecule has 1 amide bonds. The molecule has 0 saturated carbocycles.